The smallest absolute Gasteiger partial charge is 0.299 e. The van der Waals surface area contributed by atoms with Gasteiger partial charge in [0.2, 0.25) is 10.0 Å². The second kappa shape index (κ2) is 9.62. The maximum Gasteiger partial charge on any atom is 0.402 e. The Hall–Kier alpha value is -3.04. The molecular formula is C23H19F4NO3S. The number of sulfonamides is 1. The largest absolute Gasteiger partial charge is 0.402 e. The number of hydrogen-bond donors (Lipinski definition) is 1. The van der Waals surface area contributed by atoms with E-state index in [0.717, 1.165) is 0 Å². The van der Waals surface area contributed by atoms with Gasteiger partial charge in [0, 0.05) is 12.8 Å². The Morgan fingerprint density at radius 3 is 2.12 bits per heavy atom. The molecule has 168 valence electrons. The van der Waals surface area contributed by atoms with Crippen molar-refractivity contribution in [3.8, 4) is 11.1 Å². The number of Topliss-reactive ketones (excluding diaryl/α,β-unsaturated/α-hetero) is 1. The van der Waals surface area contributed by atoms with Crippen molar-refractivity contribution in [3.63, 3.8) is 0 Å². The molecule has 0 aliphatic heterocycles. The summed E-state index contributed by atoms with van der Waals surface area (Å²) in [6, 6.07) is 18.4. The average molecular weight is 465 g/mol. The van der Waals surface area contributed by atoms with Crippen molar-refractivity contribution in [2.75, 3.05) is 6.54 Å². The highest BCUT2D eigenvalue weighted by Gasteiger charge is 2.30. The molecule has 0 aromatic heterocycles. The number of nitrogens with one attached hydrogen (secondary N) is 1. The van der Waals surface area contributed by atoms with Gasteiger partial charge in [0.05, 0.1) is 4.90 Å². The molecule has 9 heteroatoms. The van der Waals surface area contributed by atoms with Crippen LogP contribution < -0.4 is 4.72 Å². The van der Waals surface area contributed by atoms with E-state index in [0.29, 0.717) is 16.7 Å². The first-order valence-electron chi connectivity index (χ1n) is 9.55. The number of rotatable bonds is 8. The van der Waals surface area contributed by atoms with E-state index >= 15 is 0 Å². The third kappa shape index (κ3) is 6.24. The van der Waals surface area contributed by atoms with Crippen molar-refractivity contribution in [1.29, 1.82) is 0 Å². The highest BCUT2D eigenvalue weighted by Crippen LogP contribution is 2.27. The zero-order valence-corrected chi connectivity index (χ0v) is 17.5. The minimum absolute atomic E-state index is 0.203. The molecule has 0 aliphatic carbocycles. The number of carbonyl (C=O) groups excluding carboxylic acids is 1. The monoisotopic (exact) mass is 465 g/mol. The summed E-state index contributed by atoms with van der Waals surface area (Å²) in [5.41, 5.74) is 1.78. The molecule has 0 bridgehead atoms. The number of hydrogen-bond acceptors (Lipinski definition) is 3. The standard InChI is InChI=1S/C23H19F4NO3S/c24-22-9-5-4-8-17(22)12-19(29)13-18-14-20(32(30,31)28-15-23(25,26)27)10-11-21(18)16-6-2-1-3-7-16/h1-11,14,28H,12-13,15H2. The van der Waals surface area contributed by atoms with E-state index in [-0.39, 0.29) is 24.2 Å². The average Bonchev–Trinajstić information content (AvgIpc) is 2.74. The topological polar surface area (TPSA) is 63.2 Å². The van der Waals surface area contributed by atoms with E-state index in [2.05, 4.69) is 0 Å². The van der Waals surface area contributed by atoms with E-state index in [4.69, 9.17) is 0 Å². The second-order valence-electron chi connectivity index (χ2n) is 7.11. The maximum absolute atomic E-state index is 13.9. The lowest BCUT2D eigenvalue weighted by atomic mass is 9.94. The van der Waals surface area contributed by atoms with Crippen LogP contribution in [-0.2, 0) is 27.7 Å². The van der Waals surface area contributed by atoms with Crippen molar-refractivity contribution in [2.45, 2.75) is 23.9 Å². The van der Waals surface area contributed by atoms with Crippen molar-refractivity contribution in [2.24, 2.45) is 0 Å². The minimum Gasteiger partial charge on any atom is -0.299 e. The molecule has 0 atom stereocenters. The van der Waals surface area contributed by atoms with Gasteiger partial charge in [-0.2, -0.15) is 13.2 Å². The molecule has 3 aromatic rings. The Morgan fingerprint density at radius 1 is 0.844 bits per heavy atom. The fourth-order valence-corrected chi connectivity index (χ4v) is 4.24. The first kappa shape index (κ1) is 23.6. The van der Waals surface area contributed by atoms with Gasteiger partial charge in [0.15, 0.2) is 0 Å². The third-order valence-corrected chi connectivity index (χ3v) is 6.07. The predicted octanol–water partition coefficient (Wildman–Crippen LogP) is 4.69. The lowest BCUT2D eigenvalue weighted by Gasteiger charge is -2.14. The molecule has 4 nitrogen and oxygen atoms in total. The molecule has 3 rings (SSSR count). The molecule has 0 saturated carbocycles. The Kier molecular flexibility index (Phi) is 7.10. The maximum atomic E-state index is 13.9. The van der Waals surface area contributed by atoms with E-state index in [1.54, 1.807) is 36.4 Å². The highest BCUT2D eigenvalue weighted by molar-refractivity contribution is 7.89. The van der Waals surface area contributed by atoms with Crippen LogP contribution in [0, 0.1) is 5.82 Å². The Labute approximate surface area is 183 Å². The summed E-state index contributed by atoms with van der Waals surface area (Å²) < 4.78 is 77.6. The molecule has 3 aromatic carbocycles. The fourth-order valence-electron chi connectivity index (χ4n) is 3.17. The number of carbonyl (C=O) groups is 1. The zero-order chi connectivity index (χ0) is 23.4. The van der Waals surface area contributed by atoms with Gasteiger partial charge in [-0.05, 0) is 40.5 Å². The van der Waals surface area contributed by atoms with E-state index in [1.807, 2.05) is 0 Å². The molecule has 32 heavy (non-hydrogen) atoms. The molecule has 0 heterocycles. The predicted molar refractivity (Wildman–Crippen MR) is 112 cm³/mol. The van der Waals surface area contributed by atoms with Crippen molar-refractivity contribution < 1.29 is 30.8 Å². The van der Waals surface area contributed by atoms with Gasteiger partial charge >= 0.3 is 6.18 Å². The van der Waals surface area contributed by atoms with Crippen LogP contribution in [0.3, 0.4) is 0 Å². The van der Waals surface area contributed by atoms with Crippen molar-refractivity contribution >= 4 is 15.8 Å². The summed E-state index contributed by atoms with van der Waals surface area (Å²) >= 11 is 0. The quantitative estimate of drug-likeness (QED) is 0.491. The molecule has 0 fully saturated rings. The molecule has 0 saturated heterocycles. The van der Waals surface area contributed by atoms with Crippen LogP contribution in [0.15, 0.2) is 77.7 Å². The van der Waals surface area contributed by atoms with E-state index < -0.39 is 33.5 Å². The molecule has 0 unspecified atom stereocenters. The molecule has 1 N–H and O–H groups in total. The van der Waals surface area contributed by atoms with Crippen LogP contribution in [0.1, 0.15) is 11.1 Å². The molecule has 0 spiro atoms. The highest BCUT2D eigenvalue weighted by atomic mass is 32.2. The molecule has 0 radical (unpaired) electrons. The first-order valence-corrected chi connectivity index (χ1v) is 11.0. The first-order chi connectivity index (χ1) is 15.0. The number of halogens is 4. The number of ketones is 1. The lowest BCUT2D eigenvalue weighted by Crippen LogP contribution is -2.33. The fraction of sp³-hybridized carbons (Fsp3) is 0.174. The number of benzene rings is 3. The molecule has 0 amide bonds. The molecule has 0 aliphatic rings. The second-order valence-corrected chi connectivity index (χ2v) is 8.88. The van der Waals surface area contributed by atoms with E-state index in [9.17, 15) is 30.8 Å². The van der Waals surface area contributed by atoms with Crippen LogP contribution in [-0.4, -0.2) is 26.9 Å². The van der Waals surface area contributed by atoms with Crippen LogP contribution in [0.5, 0.6) is 0 Å². The minimum atomic E-state index is -4.71. The third-order valence-electron chi connectivity index (χ3n) is 4.67. The lowest BCUT2D eigenvalue weighted by molar-refractivity contribution is -0.121. The zero-order valence-electron chi connectivity index (χ0n) is 16.7. The van der Waals surface area contributed by atoms with Gasteiger partial charge in [0.1, 0.15) is 18.1 Å². The Morgan fingerprint density at radius 2 is 1.47 bits per heavy atom. The normalized spacial score (nSPS) is 12.0. The van der Waals surface area contributed by atoms with Gasteiger partial charge in [-0.15, -0.1) is 0 Å². The van der Waals surface area contributed by atoms with Crippen LogP contribution >= 0.6 is 0 Å². The van der Waals surface area contributed by atoms with Crippen LogP contribution in [0.2, 0.25) is 0 Å². The van der Waals surface area contributed by atoms with Crippen molar-refractivity contribution in [3.05, 3.63) is 89.7 Å². The number of alkyl halides is 3. The molecular weight excluding hydrogens is 446 g/mol. The van der Waals surface area contributed by atoms with Crippen LogP contribution in [0.25, 0.3) is 11.1 Å². The van der Waals surface area contributed by atoms with Crippen LogP contribution in [0.4, 0.5) is 17.6 Å². The summed E-state index contributed by atoms with van der Waals surface area (Å²) in [7, 11) is -4.46. The summed E-state index contributed by atoms with van der Waals surface area (Å²) in [4.78, 5) is 12.3. The van der Waals surface area contributed by atoms with Gasteiger partial charge in [-0.1, -0.05) is 54.6 Å². The van der Waals surface area contributed by atoms with Gasteiger partial charge in [0.25, 0.3) is 0 Å². The Balaban J connectivity index is 1.94. The Bertz CT molecular complexity index is 1210. The summed E-state index contributed by atoms with van der Waals surface area (Å²) in [6.45, 7) is -1.71. The summed E-state index contributed by atoms with van der Waals surface area (Å²) in [6.07, 6.45) is -5.14. The summed E-state index contributed by atoms with van der Waals surface area (Å²) in [5.74, 6) is -0.901. The summed E-state index contributed by atoms with van der Waals surface area (Å²) in [5, 5.41) is 0. The van der Waals surface area contributed by atoms with E-state index in [1.165, 1.54) is 41.1 Å². The van der Waals surface area contributed by atoms with Gasteiger partial charge in [-0.25, -0.2) is 17.5 Å². The van der Waals surface area contributed by atoms with Gasteiger partial charge < -0.3 is 0 Å². The van der Waals surface area contributed by atoms with Gasteiger partial charge in [-0.3, -0.25) is 4.79 Å². The van der Waals surface area contributed by atoms with Crippen molar-refractivity contribution in [1.82, 2.24) is 4.72 Å². The SMILES string of the molecule is O=C(Cc1ccccc1F)Cc1cc(S(=O)(=O)NCC(F)(F)F)ccc1-c1ccccc1.